The van der Waals surface area contributed by atoms with Crippen molar-refractivity contribution in [1.29, 1.82) is 0 Å². The molecule has 3 heterocycles. The molecule has 0 unspecified atom stereocenters. The third-order valence-electron chi connectivity index (χ3n) is 3.48. The van der Waals surface area contributed by atoms with E-state index in [0.29, 0.717) is 24.4 Å². The zero-order valence-corrected chi connectivity index (χ0v) is 13.1. The standard InChI is InChI=1S/C15H19N7O/c1-10(2)22-13(3-4-18-22)15(23)17-8-12-9-21-14(20-12)5-11(6-16)7-19-21/h3-5,7,9-10H,6,8,16H2,1-2H3,(H,17,23). The van der Waals surface area contributed by atoms with Gasteiger partial charge in [-0.1, -0.05) is 0 Å². The SMILES string of the molecule is CC(C)n1nccc1C(=O)NCc1cn2ncc(CN)cc2n1. The fourth-order valence-electron chi connectivity index (χ4n) is 2.33. The minimum atomic E-state index is -0.177. The molecule has 1 amide bonds. The third-order valence-corrected chi connectivity index (χ3v) is 3.48. The van der Waals surface area contributed by atoms with Crippen LogP contribution in [0.25, 0.3) is 5.65 Å². The molecule has 23 heavy (non-hydrogen) atoms. The lowest BCUT2D eigenvalue weighted by Gasteiger charge is -2.10. The second kappa shape index (κ2) is 6.17. The van der Waals surface area contributed by atoms with Crippen LogP contribution in [0.1, 0.15) is 41.6 Å². The van der Waals surface area contributed by atoms with Gasteiger partial charge in [-0.05, 0) is 31.5 Å². The summed E-state index contributed by atoms with van der Waals surface area (Å²) in [4.78, 5) is 16.7. The highest BCUT2D eigenvalue weighted by atomic mass is 16.2. The van der Waals surface area contributed by atoms with Crippen molar-refractivity contribution < 1.29 is 4.79 Å². The van der Waals surface area contributed by atoms with E-state index in [2.05, 4.69) is 20.5 Å². The van der Waals surface area contributed by atoms with E-state index in [9.17, 15) is 4.79 Å². The molecule has 0 aliphatic carbocycles. The monoisotopic (exact) mass is 313 g/mol. The number of carbonyl (C=O) groups excluding carboxylic acids is 1. The van der Waals surface area contributed by atoms with E-state index in [1.807, 2.05) is 19.9 Å². The largest absolute Gasteiger partial charge is 0.345 e. The van der Waals surface area contributed by atoms with Crippen molar-refractivity contribution in [1.82, 2.24) is 29.7 Å². The average molecular weight is 313 g/mol. The maximum absolute atomic E-state index is 12.3. The van der Waals surface area contributed by atoms with Crippen molar-refractivity contribution in [3.63, 3.8) is 0 Å². The molecular formula is C15H19N7O. The van der Waals surface area contributed by atoms with Crippen LogP contribution in [-0.4, -0.2) is 30.3 Å². The molecule has 8 nitrogen and oxygen atoms in total. The van der Waals surface area contributed by atoms with Gasteiger partial charge in [-0.3, -0.25) is 9.48 Å². The molecule has 0 atom stereocenters. The van der Waals surface area contributed by atoms with Crippen molar-refractivity contribution >= 4 is 11.6 Å². The summed E-state index contributed by atoms with van der Waals surface area (Å²) in [7, 11) is 0. The molecule has 3 rings (SSSR count). The van der Waals surface area contributed by atoms with Crippen LogP contribution in [0, 0.1) is 0 Å². The lowest BCUT2D eigenvalue weighted by Crippen LogP contribution is -2.26. The lowest BCUT2D eigenvalue weighted by molar-refractivity contribution is 0.0938. The van der Waals surface area contributed by atoms with E-state index >= 15 is 0 Å². The van der Waals surface area contributed by atoms with Crippen molar-refractivity contribution in [2.75, 3.05) is 0 Å². The van der Waals surface area contributed by atoms with E-state index in [0.717, 1.165) is 11.3 Å². The van der Waals surface area contributed by atoms with Gasteiger partial charge in [0.1, 0.15) is 5.69 Å². The Kier molecular flexibility index (Phi) is 4.07. The first-order valence-corrected chi connectivity index (χ1v) is 7.43. The number of amides is 1. The Bertz CT molecular complexity index is 833. The van der Waals surface area contributed by atoms with Crippen LogP contribution in [0.4, 0.5) is 0 Å². The van der Waals surface area contributed by atoms with Gasteiger partial charge in [0.15, 0.2) is 5.65 Å². The summed E-state index contributed by atoms with van der Waals surface area (Å²) in [6.45, 7) is 4.70. The number of fused-ring (bicyclic) bond motifs is 1. The number of imidazole rings is 1. The van der Waals surface area contributed by atoms with Gasteiger partial charge in [0, 0.05) is 18.8 Å². The Labute approximate surface area is 133 Å². The molecule has 0 bridgehead atoms. The van der Waals surface area contributed by atoms with Crippen LogP contribution in [0.3, 0.4) is 0 Å². The molecule has 8 heteroatoms. The fraction of sp³-hybridized carbons (Fsp3) is 0.333. The molecule has 0 aromatic carbocycles. The molecule has 0 saturated heterocycles. The highest BCUT2D eigenvalue weighted by molar-refractivity contribution is 5.92. The molecular weight excluding hydrogens is 294 g/mol. The average Bonchev–Trinajstić information content (AvgIpc) is 3.18. The Balaban J connectivity index is 1.72. The van der Waals surface area contributed by atoms with Gasteiger partial charge in [0.25, 0.3) is 5.91 Å². The summed E-state index contributed by atoms with van der Waals surface area (Å²) in [5.74, 6) is -0.177. The smallest absolute Gasteiger partial charge is 0.269 e. The molecule has 0 spiro atoms. The molecule has 3 aromatic heterocycles. The summed E-state index contributed by atoms with van der Waals surface area (Å²) in [5.41, 5.74) is 8.49. The predicted octanol–water partition coefficient (Wildman–Crippen LogP) is 0.895. The Morgan fingerprint density at radius 1 is 1.39 bits per heavy atom. The van der Waals surface area contributed by atoms with Crippen LogP contribution < -0.4 is 11.1 Å². The van der Waals surface area contributed by atoms with E-state index in [1.165, 1.54) is 0 Å². The van der Waals surface area contributed by atoms with Gasteiger partial charge in [0.05, 0.1) is 24.6 Å². The molecule has 0 aliphatic heterocycles. The van der Waals surface area contributed by atoms with Crippen LogP contribution in [-0.2, 0) is 13.1 Å². The van der Waals surface area contributed by atoms with Crippen molar-refractivity contribution in [2.24, 2.45) is 5.73 Å². The highest BCUT2D eigenvalue weighted by Crippen LogP contribution is 2.09. The molecule has 120 valence electrons. The fourth-order valence-corrected chi connectivity index (χ4v) is 2.33. The van der Waals surface area contributed by atoms with E-state index < -0.39 is 0 Å². The van der Waals surface area contributed by atoms with Crippen LogP contribution >= 0.6 is 0 Å². The summed E-state index contributed by atoms with van der Waals surface area (Å²) >= 11 is 0. The van der Waals surface area contributed by atoms with E-state index in [-0.39, 0.29) is 11.9 Å². The van der Waals surface area contributed by atoms with Gasteiger partial charge in [-0.2, -0.15) is 10.2 Å². The van der Waals surface area contributed by atoms with Gasteiger partial charge in [0.2, 0.25) is 0 Å². The highest BCUT2D eigenvalue weighted by Gasteiger charge is 2.14. The number of nitrogens with one attached hydrogen (secondary N) is 1. The second-order valence-electron chi connectivity index (χ2n) is 5.54. The zero-order chi connectivity index (χ0) is 16.4. The predicted molar refractivity (Wildman–Crippen MR) is 84.7 cm³/mol. The van der Waals surface area contributed by atoms with Gasteiger partial charge in [-0.25, -0.2) is 9.50 Å². The lowest BCUT2D eigenvalue weighted by atomic mass is 10.3. The van der Waals surface area contributed by atoms with Crippen molar-refractivity contribution in [2.45, 2.75) is 33.0 Å². The van der Waals surface area contributed by atoms with Gasteiger partial charge >= 0.3 is 0 Å². The molecule has 3 N–H and O–H groups in total. The topological polar surface area (TPSA) is 103 Å². The minimum absolute atomic E-state index is 0.125. The molecule has 0 saturated carbocycles. The number of nitrogens with zero attached hydrogens (tertiary/aromatic N) is 5. The van der Waals surface area contributed by atoms with Crippen molar-refractivity contribution in [3.8, 4) is 0 Å². The van der Waals surface area contributed by atoms with E-state index in [4.69, 9.17) is 5.73 Å². The first-order valence-electron chi connectivity index (χ1n) is 7.43. The van der Waals surface area contributed by atoms with Crippen molar-refractivity contribution in [3.05, 3.63) is 47.7 Å². The Hall–Kier alpha value is -2.74. The third kappa shape index (κ3) is 3.07. The number of hydrogen-bond acceptors (Lipinski definition) is 5. The van der Waals surface area contributed by atoms with Crippen LogP contribution in [0.5, 0.6) is 0 Å². The second-order valence-corrected chi connectivity index (χ2v) is 5.54. The summed E-state index contributed by atoms with van der Waals surface area (Å²) in [5, 5.41) is 11.3. The molecule has 0 aliphatic rings. The number of carbonyl (C=O) groups is 1. The van der Waals surface area contributed by atoms with Gasteiger partial charge < -0.3 is 11.1 Å². The quantitative estimate of drug-likeness (QED) is 0.728. The molecule has 3 aromatic rings. The number of rotatable bonds is 5. The van der Waals surface area contributed by atoms with Gasteiger partial charge in [-0.15, -0.1) is 0 Å². The summed E-state index contributed by atoms with van der Waals surface area (Å²) in [6.07, 6.45) is 5.12. The van der Waals surface area contributed by atoms with Crippen LogP contribution in [0.15, 0.2) is 30.7 Å². The molecule has 0 radical (unpaired) electrons. The Morgan fingerprint density at radius 2 is 2.22 bits per heavy atom. The summed E-state index contributed by atoms with van der Waals surface area (Å²) < 4.78 is 3.35. The maximum Gasteiger partial charge on any atom is 0.269 e. The number of hydrogen-bond donors (Lipinski definition) is 2. The molecule has 0 fully saturated rings. The number of aromatic nitrogens is 5. The van der Waals surface area contributed by atoms with Crippen LogP contribution in [0.2, 0.25) is 0 Å². The maximum atomic E-state index is 12.3. The Morgan fingerprint density at radius 3 is 2.96 bits per heavy atom. The van der Waals surface area contributed by atoms with E-state index in [1.54, 1.807) is 33.9 Å². The summed E-state index contributed by atoms with van der Waals surface area (Å²) in [6, 6.07) is 3.71. The normalized spacial score (nSPS) is 11.3. The first kappa shape index (κ1) is 15.2. The zero-order valence-electron chi connectivity index (χ0n) is 13.1. The first-order chi connectivity index (χ1) is 11.1. The number of nitrogens with two attached hydrogens (primary N) is 1. The minimum Gasteiger partial charge on any atom is -0.345 e.